The first-order valence-electron chi connectivity index (χ1n) is 5.71. The summed E-state index contributed by atoms with van der Waals surface area (Å²) in [6.07, 6.45) is 2.21. The molecule has 0 aliphatic carbocycles. The van der Waals surface area contributed by atoms with E-state index in [0.717, 1.165) is 19.8 Å². The van der Waals surface area contributed by atoms with E-state index in [-0.39, 0.29) is 0 Å². The van der Waals surface area contributed by atoms with Crippen LogP contribution in [0.5, 0.6) is 0 Å². The summed E-state index contributed by atoms with van der Waals surface area (Å²) < 4.78 is 7.70. The molecule has 2 aromatic rings. The summed E-state index contributed by atoms with van der Waals surface area (Å²) >= 11 is 0. The van der Waals surface area contributed by atoms with Crippen molar-refractivity contribution in [3.63, 3.8) is 0 Å². The SMILES string of the molecule is Cn1cc(C2COCCN2)c2ccccc21. The maximum Gasteiger partial charge on any atom is 0.0662 e. The van der Waals surface area contributed by atoms with E-state index in [9.17, 15) is 0 Å². The summed E-state index contributed by atoms with van der Waals surface area (Å²) in [5.74, 6) is 0. The molecule has 0 bridgehead atoms. The second-order valence-electron chi connectivity index (χ2n) is 4.29. The van der Waals surface area contributed by atoms with Gasteiger partial charge in [0.05, 0.1) is 19.3 Å². The van der Waals surface area contributed by atoms with E-state index in [0.29, 0.717) is 6.04 Å². The Balaban J connectivity index is 2.08. The van der Waals surface area contributed by atoms with Crippen LogP contribution < -0.4 is 5.32 Å². The minimum absolute atomic E-state index is 0.333. The van der Waals surface area contributed by atoms with Crippen LogP contribution in [-0.2, 0) is 11.8 Å². The molecular weight excluding hydrogens is 200 g/mol. The highest BCUT2D eigenvalue weighted by molar-refractivity contribution is 5.84. The van der Waals surface area contributed by atoms with Crippen molar-refractivity contribution < 1.29 is 4.74 Å². The van der Waals surface area contributed by atoms with Gasteiger partial charge in [0.1, 0.15) is 0 Å². The van der Waals surface area contributed by atoms with Crippen LogP contribution in [0, 0.1) is 0 Å². The third-order valence-electron chi connectivity index (χ3n) is 3.22. The van der Waals surface area contributed by atoms with Gasteiger partial charge in [-0.3, -0.25) is 0 Å². The first kappa shape index (κ1) is 9.87. The van der Waals surface area contributed by atoms with E-state index in [1.165, 1.54) is 16.5 Å². The molecule has 1 aromatic heterocycles. The molecular formula is C13H16N2O. The van der Waals surface area contributed by atoms with E-state index in [4.69, 9.17) is 4.74 Å². The molecule has 3 heteroatoms. The van der Waals surface area contributed by atoms with Gasteiger partial charge >= 0.3 is 0 Å². The van der Waals surface area contributed by atoms with Gasteiger partial charge in [-0.25, -0.2) is 0 Å². The van der Waals surface area contributed by atoms with E-state index >= 15 is 0 Å². The van der Waals surface area contributed by atoms with Crippen LogP contribution in [0.2, 0.25) is 0 Å². The van der Waals surface area contributed by atoms with Crippen molar-refractivity contribution in [1.29, 1.82) is 0 Å². The number of morpholine rings is 1. The second-order valence-corrected chi connectivity index (χ2v) is 4.29. The van der Waals surface area contributed by atoms with Crippen LogP contribution in [0.1, 0.15) is 11.6 Å². The predicted octanol–water partition coefficient (Wildman–Crippen LogP) is 1.84. The van der Waals surface area contributed by atoms with Gasteiger partial charge in [-0.05, 0) is 11.6 Å². The fraction of sp³-hybridized carbons (Fsp3) is 0.385. The quantitative estimate of drug-likeness (QED) is 0.787. The second kappa shape index (κ2) is 3.92. The van der Waals surface area contributed by atoms with Gasteiger partial charge in [-0.15, -0.1) is 0 Å². The van der Waals surface area contributed by atoms with Gasteiger partial charge in [-0.2, -0.15) is 0 Å². The Morgan fingerprint density at radius 3 is 3.06 bits per heavy atom. The molecule has 1 fully saturated rings. The fourth-order valence-electron chi connectivity index (χ4n) is 2.42. The summed E-state index contributed by atoms with van der Waals surface area (Å²) in [7, 11) is 2.09. The summed E-state index contributed by atoms with van der Waals surface area (Å²) in [4.78, 5) is 0. The number of aryl methyl sites for hydroxylation is 1. The number of fused-ring (bicyclic) bond motifs is 1. The Morgan fingerprint density at radius 2 is 2.25 bits per heavy atom. The van der Waals surface area contributed by atoms with E-state index in [2.05, 4.69) is 47.4 Å². The molecule has 0 saturated carbocycles. The number of para-hydroxylation sites is 1. The molecule has 0 spiro atoms. The lowest BCUT2D eigenvalue weighted by Gasteiger charge is -2.23. The van der Waals surface area contributed by atoms with E-state index in [1.54, 1.807) is 0 Å². The molecule has 1 unspecified atom stereocenters. The van der Waals surface area contributed by atoms with Gasteiger partial charge < -0.3 is 14.6 Å². The van der Waals surface area contributed by atoms with Gasteiger partial charge in [0.25, 0.3) is 0 Å². The zero-order valence-electron chi connectivity index (χ0n) is 9.44. The maximum atomic E-state index is 5.52. The lowest BCUT2D eigenvalue weighted by molar-refractivity contribution is 0.0772. The molecule has 1 N–H and O–H groups in total. The van der Waals surface area contributed by atoms with Crippen molar-refractivity contribution >= 4 is 10.9 Å². The number of rotatable bonds is 1. The topological polar surface area (TPSA) is 26.2 Å². The lowest BCUT2D eigenvalue weighted by Crippen LogP contribution is -2.34. The Morgan fingerprint density at radius 1 is 1.38 bits per heavy atom. The van der Waals surface area contributed by atoms with E-state index < -0.39 is 0 Å². The van der Waals surface area contributed by atoms with Crippen molar-refractivity contribution in [2.45, 2.75) is 6.04 Å². The maximum absolute atomic E-state index is 5.52. The summed E-state index contributed by atoms with van der Waals surface area (Å²) in [5, 5.41) is 4.83. The summed E-state index contributed by atoms with van der Waals surface area (Å²) in [6, 6.07) is 8.84. The monoisotopic (exact) mass is 216 g/mol. The number of benzene rings is 1. The molecule has 1 aromatic carbocycles. The highest BCUT2D eigenvalue weighted by Crippen LogP contribution is 2.26. The number of nitrogens with zero attached hydrogens (tertiary/aromatic N) is 1. The molecule has 3 rings (SSSR count). The van der Waals surface area contributed by atoms with Crippen LogP contribution in [0.25, 0.3) is 10.9 Å². The molecule has 0 amide bonds. The lowest BCUT2D eigenvalue weighted by atomic mass is 10.1. The number of ether oxygens (including phenoxy) is 1. The third-order valence-corrected chi connectivity index (χ3v) is 3.22. The first-order chi connectivity index (χ1) is 7.86. The van der Waals surface area contributed by atoms with Crippen molar-refractivity contribution in [3.8, 4) is 0 Å². The van der Waals surface area contributed by atoms with Gasteiger partial charge in [0.2, 0.25) is 0 Å². The van der Waals surface area contributed by atoms with Crippen molar-refractivity contribution in [1.82, 2.24) is 9.88 Å². The van der Waals surface area contributed by atoms with Crippen molar-refractivity contribution in [2.75, 3.05) is 19.8 Å². The smallest absolute Gasteiger partial charge is 0.0662 e. The zero-order valence-corrected chi connectivity index (χ0v) is 9.44. The Hall–Kier alpha value is -1.32. The van der Waals surface area contributed by atoms with Crippen LogP contribution in [0.4, 0.5) is 0 Å². The zero-order chi connectivity index (χ0) is 11.0. The van der Waals surface area contributed by atoms with Crippen LogP contribution in [-0.4, -0.2) is 24.3 Å². The molecule has 2 heterocycles. The molecule has 84 valence electrons. The predicted molar refractivity (Wildman–Crippen MR) is 64.5 cm³/mol. The van der Waals surface area contributed by atoms with Crippen LogP contribution in [0.3, 0.4) is 0 Å². The molecule has 0 radical (unpaired) electrons. The summed E-state index contributed by atoms with van der Waals surface area (Å²) in [6.45, 7) is 2.53. The third kappa shape index (κ3) is 1.52. The minimum atomic E-state index is 0.333. The molecule has 1 aliphatic heterocycles. The van der Waals surface area contributed by atoms with Crippen molar-refractivity contribution in [3.05, 3.63) is 36.0 Å². The van der Waals surface area contributed by atoms with Crippen LogP contribution in [0.15, 0.2) is 30.5 Å². The Bertz CT molecular complexity index is 498. The minimum Gasteiger partial charge on any atom is -0.378 e. The standard InChI is InChI=1S/C13H16N2O/c1-15-8-11(12-9-16-7-6-14-12)10-4-2-3-5-13(10)15/h2-5,8,12,14H,6-7,9H2,1H3. The number of hydrogen-bond acceptors (Lipinski definition) is 2. The first-order valence-corrected chi connectivity index (χ1v) is 5.71. The average Bonchev–Trinajstić information content (AvgIpc) is 2.69. The van der Waals surface area contributed by atoms with Gasteiger partial charge in [0.15, 0.2) is 0 Å². The highest BCUT2D eigenvalue weighted by atomic mass is 16.5. The number of aromatic nitrogens is 1. The highest BCUT2D eigenvalue weighted by Gasteiger charge is 2.19. The largest absolute Gasteiger partial charge is 0.378 e. The fourth-order valence-corrected chi connectivity index (χ4v) is 2.42. The number of nitrogens with one attached hydrogen (secondary N) is 1. The molecule has 1 aliphatic rings. The Labute approximate surface area is 95.0 Å². The molecule has 16 heavy (non-hydrogen) atoms. The normalized spacial score (nSPS) is 21.4. The van der Waals surface area contributed by atoms with Gasteiger partial charge in [-0.1, -0.05) is 18.2 Å². The van der Waals surface area contributed by atoms with Gasteiger partial charge in [0, 0.05) is 30.7 Å². The molecule has 1 atom stereocenters. The van der Waals surface area contributed by atoms with E-state index in [1.807, 2.05) is 0 Å². The molecule has 1 saturated heterocycles. The summed E-state index contributed by atoms with van der Waals surface area (Å²) in [5.41, 5.74) is 2.63. The average molecular weight is 216 g/mol. The van der Waals surface area contributed by atoms with Crippen LogP contribution >= 0.6 is 0 Å². The van der Waals surface area contributed by atoms with Crippen molar-refractivity contribution in [2.24, 2.45) is 7.05 Å². The Kier molecular flexibility index (Phi) is 2.42. The molecule has 3 nitrogen and oxygen atoms in total. The number of hydrogen-bond donors (Lipinski definition) is 1.